The van der Waals surface area contributed by atoms with Gasteiger partial charge in [-0.1, -0.05) is 18.2 Å². The molecule has 0 saturated carbocycles. The normalized spacial score (nSPS) is 18.3. The van der Waals surface area contributed by atoms with Crippen LogP contribution in [-0.4, -0.2) is 60.0 Å². The van der Waals surface area contributed by atoms with E-state index in [4.69, 9.17) is 5.10 Å². The molecule has 5 nitrogen and oxygen atoms in total. The molecular weight excluding hydrogens is 358 g/mol. The average Bonchev–Trinajstić information content (AvgIpc) is 2.98. The lowest BCUT2D eigenvalue weighted by Gasteiger charge is -2.43. The zero-order valence-electron chi connectivity index (χ0n) is 15.6. The third-order valence-electron chi connectivity index (χ3n) is 5.81. The molecule has 0 radical (unpaired) electrons. The first-order valence-corrected chi connectivity index (χ1v) is 9.54. The van der Waals surface area contributed by atoms with E-state index in [-0.39, 0.29) is 12.4 Å². The highest BCUT2D eigenvalue weighted by Gasteiger charge is 2.27. The summed E-state index contributed by atoms with van der Waals surface area (Å²) in [6.45, 7) is 8.90. The van der Waals surface area contributed by atoms with Gasteiger partial charge in [0.1, 0.15) is 0 Å². The Balaban J connectivity index is 0.00000180. The first kappa shape index (κ1) is 18.3. The second-order valence-electron chi connectivity index (χ2n) is 7.37. The lowest BCUT2D eigenvalue weighted by molar-refractivity contribution is 0.138. The first-order chi connectivity index (χ1) is 12.8. The van der Waals surface area contributed by atoms with Gasteiger partial charge in [-0.15, -0.1) is 12.4 Å². The van der Waals surface area contributed by atoms with Gasteiger partial charge in [-0.2, -0.15) is 5.10 Å². The van der Waals surface area contributed by atoms with Crippen LogP contribution in [0.15, 0.2) is 48.5 Å². The average molecular weight is 384 g/mol. The zero-order valence-corrected chi connectivity index (χ0v) is 16.5. The molecule has 6 heteroatoms. The Hall–Kier alpha value is -2.08. The molecule has 2 saturated heterocycles. The number of hydrogen-bond acceptors (Lipinski definition) is 4. The van der Waals surface area contributed by atoms with Gasteiger partial charge < -0.3 is 10.2 Å². The van der Waals surface area contributed by atoms with Crippen LogP contribution in [0.25, 0.3) is 16.6 Å². The molecule has 142 valence electrons. The topological polar surface area (TPSA) is 36.3 Å². The third kappa shape index (κ3) is 3.31. The molecular formula is C21H26ClN5. The van der Waals surface area contributed by atoms with Gasteiger partial charge in [0.15, 0.2) is 0 Å². The van der Waals surface area contributed by atoms with Crippen LogP contribution >= 0.6 is 12.4 Å². The quantitative estimate of drug-likeness (QED) is 0.754. The Bertz CT molecular complexity index is 911. The Morgan fingerprint density at radius 3 is 2.33 bits per heavy atom. The van der Waals surface area contributed by atoms with E-state index in [1.165, 1.54) is 16.6 Å². The van der Waals surface area contributed by atoms with Crippen LogP contribution < -0.4 is 10.2 Å². The summed E-state index contributed by atoms with van der Waals surface area (Å²) in [5.41, 5.74) is 4.69. The maximum absolute atomic E-state index is 4.78. The zero-order chi connectivity index (χ0) is 17.5. The minimum atomic E-state index is 0. The van der Waals surface area contributed by atoms with Gasteiger partial charge in [-0.05, 0) is 37.3 Å². The summed E-state index contributed by atoms with van der Waals surface area (Å²) < 4.78 is 2.07. The number of para-hydroxylation sites is 1. The second kappa shape index (κ2) is 7.50. The summed E-state index contributed by atoms with van der Waals surface area (Å²) in [6.07, 6.45) is 0. The molecule has 0 atom stereocenters. The van der Waals surface area contributed by atoms with Crippen LogP contribution in [0.1, 0.15) is 5.69 Å². The molecule has 1 N–H and O–H groups in total. The van der Waals surface area contributed by atoms with E-state index in [9.17, 15) is 0 Å². The summed E-state index contributed by atoms with van der Waals surface area (Å²) in [4.78, 5) is 5.14. The van der Waals surface area contributed by atoms with Crippen molar-refractivity contribution in [2.45, 2.75) is 13.0 Å². The number of piperazine rings is 1. The molecule has 3 heterocycles. The van der Waals surface area contributed by atoms with E-state index >= 15 is 0 Å². The largest absolute Gasteiger partial charge is 0.369 e. The van der Waals surface area contributed by atoms with E-state index in [1.807, 2.05) is 6.07 Å². The highest BCUT2D eigenvalue weighted by atomic mass is 35.5. The molecule has 2 aliphatic heterocycles. The molecule has 1 aromatic heterocycles. The van der Waals surface area contributed by atoms with Gasteiger partial charge in [0.05, 0.1) is 16.9 Å². The smallest absolute Gasteiger partial charge is 0.0764 e. The number of halogens is 1. The minimum Gasteiger partial charge on any atom is -0.369 e. The van der Waals surface area contributed by atoms with Gasteiger partial charge in [0.2, 0.25) is 0 Å². The van der Waals surface area contributed by atoms with E-state index < -0.39 is 0 Å². The fourth-order valence-corrected chi connectivity index (χ4v) is 4.10. The van der Waals surface area contributed by atoms with Crippen LogP contribution in [0.4, 0.5) is 5.69 Å². The van der Waals surface area contributed by atoms with E-state index in [2.05, 4.69) is 69.2 Å². The molecule has 0 amide bonds. The molecule has 5 rings (SSSR count). The summed E-state index contributed by atoms with van der Waals surface area (Å²) in [5, 5.41) is 9.40. The fourth-order valence-electron chi connectivity index (χ4n) is 4.10. The number of nitrogens with one attached hydrogen (secondary N) is 1. The van der Waals surface area contributed by atoms with Crippen molar-refractivity contribution in [1.82, 2.24) is 20.0 Å². The molecule has 0 spiro atoms. The van der Waals surface area contributed by atoms with Crippen molar-refractivity contribution in [3.63, 3.8) is 0 Å². The highest BCUT2D eigenvalue weighted by molar-refractivity contribution is 5.86. The molecule has 2 fully saturated rings. The van der Waals surface area contributed by atoms with Crippen molar-refractivity contribution < 1.29 is 0 Å². The summed E-state index contributed by atoms with van der Waals surface area (Å²) in [5.74, 6) is 0. The maximum Gasteiger partial charge on any atom is 0.0764 e. The molecule has 0 aliphatic carbocycles. The molecule has 3 aromatic rings. The Morgan fingerprint density at radius 1 is 0.926 bits per heavy atom. The molecule has 0 bridgehead atoms. The number of anilines is 1. The van der Waals surface area contributed by atoms with Crippen molar-refractivity contribution in [2.75, 3.05) is 44.2 Å². The number of aromatic nitrogens is 2. The van der Waals surface area contributed by atoms with Gasteiger partial charge >= 0.3 is 0 Å². The van der Waals surface area contributed by atoms with Crippen LogP contribution in [0.5, 0.6) is 0 Å². The van der Waals surface area contributed by atoms with Crippen LogP contribution in [0.2, 0.25) is 0 Å². The molecule has 2 aliphatic rings. The number of fused-ring (bicyclic) bond motifs is 1. The fraction of sp³-hybridized carbons (Fsp3) is 0.381. The van der Waals surface area contributed by atoms with E-state index in [1.54, 1.807) is 0 Å². The van der Waals surface area contributed by atoms with Gasteiger partial charge in [0.25, 0.3) is 0 Å². The molecule has 2 aromatic carbocycles. The van der Waals surface area contributed by atoms with Crippen molar-refractivity contribution in [3.05, 3.63) is 54.2 Å². The lowest BCUT2D eigenvalue weighted by atomic mass is 10.1. The summed E-state index contributed by atoms with van der Waals surface area (Å²) in [7, 11) is 0. The number of hydrogen-bond donors (Lipinski definition) is 1. The van der Waals surface area contributed by atoms with Crippen molar-refractivity contribution >= 4 is 29.0 Å². The van der Waals surface area contributed by atoms with E-state index in [0.29, 0.717) is 0 Å². The maximum atomic E-state index is 4.78. The Kier molecular flexibility index (Phi) is 5.08. The van der Waals surface area contributed by atoms with Crippen LogP contribution in [0, 0.1) is 6.92 Å². The monoisotopic (exact) mass is 383 g/mol. The van der Waals surface area contributed by atoms with Crippen molar-refractivity contribution in [2.24, 2.45) is 0 Å². The standard InChI is InChI=1S/C21H25N5.ClH/c1-16-20-8-7-18(24-9-11-25(12-10-24)19-14-22-15-19)13-21(20)26(23-16)17-5-3-2-4-6-17;/h2-8,13,19,22H,9-12,14-15H2,1H3;1H. The SMILES string of the molecule is Cc1nn(-c2ccccc2)c2cc(N3CCN(C4CNC4)CC3)ccc12.Cl. The van der Waals surface area contributed by atoms with Crippen LogP contribution in [0.3, 0.4) is 0 Å². The van der Waals surface area contributed by atoms with Gasteiger partial charge in [-0.25, -0.2) is 4.68 Å². The van der Waals surface area contributed by atoms with Gasteiger partial charge in [0, 0.05) is 56.4 Å². The van der Waals surface area contributed by atoms with Crippen molar-refractivity contribution in [1.29, 1.82) is 0 Å². The van der Waals surface area contributed by atoms with Gasteiger partial charge in [-0.3, -0.25) is 4.90 Å². The first-order valence-electron chi connectivity index (χ1n) is 9.54. The molecule has 27 heavy (non-hydrogen) atoms. The molecule has 0 unspecified atom stereocenters. The summed E-state index contributed by atoms with van der Waals surface area (Å²) >= 11 is 0. The highest BCUT2D eigenvalue weighted by Crippen LogP contribution is 2.27. The number of benzene rings is 2. The van der Waals surface area contributed by atoms with Crippen LogP contribution in [-0.2, 0) is 0 Å². The Labute approximate surface area is 166 Å². The lowest BCUT2D eigenvalue weighted by Crippen LogP contribution is -2.61. The number of nitrogens with zero attached hydrogens (tertiary/aromatic N) is 4. The number of rotatable bonds is 3. The Morgan fingerprint density at radius 2 is 1.67 bits per heavy atom. The number of aryl methyl sites for hydroxylation is 1. The third-order valence-corrected chi connectivity index (χ3v) is 5.81. The van der Waals surface area contributed by atoms with Crippen molar-refractivity contribution in [3.8, 4) is 5.69 Å². The summed E-state index contributed by atoms with van der Waals surface area (Å²) in [6, 6.07) is 18.0. The van der Waals surface area contributed by atoms with E-state index in [0.717, 1.165) is 56.7 Å². The predicted molar refractivity (Wildman–Crippen MR) is 113 cm³/mol. The minimum absolute atomic E-state index is 0. The second-order valence-corrected chi connectivity index (χ2v) is 7.37. The predicted octanol–water partition coefficient (Wildman–Crippen LogP) is 2.85.